The second-order valence-electron chi connectivity index (χ2n) is 5.03. The Morgan fingerprint density at radius 3 is 2.70 bits per heavy atom. The van der Waals surface area contributed by atoms with Crippen LogP contribution >= 0.6 is 0 Å². The van der Waals surface area contributed by atoms with Gasteiger partial charge in [-0.15, -0.1) is 0 Å². The molecule has 1 unspecified atom stereocenters. The zero-order chi connectivity index (χ0) is 14.1. The SMILES string of the molecule is CC1NC(=O)CCN(c2cccc3ccccc23)C1=O. The Kier molecular flexibility index (Phi) is 3.14. The van der Waals surface area contributed by atoms with Gasteiger partial charge in [0.1, 0.15) is 6.04 Å². The molecule has 1 aliphatic rings. The van der Waals surface area contributed by atoms with E-state index in [1.807, 2.05) is 42.5 Å². The average molecular weight is 268 g/mol. The van der Waals surface area contributed by atoms with Crippen LogP contribution in [0, 0.1) is 0 Å². The highest BCUT2D eigenvalue weighted by atomic mass is 16.2. The van der Waals surface area contributed by atoms with Crippen molar-refractivity contribution >= 4 is 28.3 Å². The Morgan fingerprint density at radius 2 is 1.85 bits per heavy atom. The molecule has 1 heterocycles. The molecule has 2 aromatic rings. The molecule has 4 heteroatoms. The summed E-state index contributed by atoms with van der Waals surface area (Å²) in [5.41, 5.74) is 0.872. The first-order valence-electron chi connectivity index (χ1n) is 6.75. The van der Waals surface area contributed by atoms with Crippen LogP contribution in [0.4, 0.5) is 5.69 Å². The van der Waals surface area contributed by atoms with Gasteiger partial charge in [-0.25, -0.2) is 0 Å². The molecule has 1 aliphatic heterocycles. The molecule has 0 saturated carbocycles. The monoisotopic (exact) mass is 268 g/mol. The molecule has 1 fully saturated rings. The Bertz CT molecular complexity index is 676. The van der Waals surface area contributed by atoms with E-state index in [2.05, 4.69) is 5.32 Å². The maximum atomic E-state index is 12.4. The number of anilines is 1. The fourth-order valence-corrected chi connectivity index (χ4v) is 2.62. The Balaban J connectivity index is 2.09. The van der Waals surface area contributed by atoms with Crippen LogP contribution in [0.3, 0.4) is 0 Å². The van der Waals surface area contributed by atoms with Gasteiger partial charge in [0, 0.05) is 18.4 Å². The summed E-state index contributed by atoms with van der Waals surface area (Å²) in [7, 11) is 0. The average Bonchev–Trinajstić information content (AvgIpc) is 2.58. The highest BCUT2D eigenvalue weighted by Crippen LogP contribution is 2.28. The van der Waals surface area contributed by atoms with E-state index in [0.29, 0.717) is 13.0 Å². The van der Waals surface area contributed by atoms with Crippen molar-refractivity contribution in [2.45, 2.75) is 19.4 Å². The topological polar surface area (TPSA) is 49.4 Å². The summed E-state index contributed by atoms with van der Waals surface area (Å²) in [5, 5.41) is 4.83. The number of benzene rings is 2. The summed E-state index contributed by atoms with van der Waals surface area (Å²) < 4.78 is 0. The molecule has 20 heavy (non-hydrogen) atoms. The fourth-order valence-electron chi connectivity index (χ4n) is 2.62. The van der Waals surface area contributed by atoms with Crippen LogP contribution in [-0.4, -0.2) is 24.4 Å². The first-order chi connectivity index (χ1) is 9.66. The molecular weight excluding hydrogens is 252 g/mol. The molecule has 2 aromatic carbocycles. The van der Waals surface area contributed by atoms with E-state index in [-0.39, 0.29) is 11.8 Å². The summed E-state index contributed by atoms with van der Waals surface area (Å²) in [6.07, 6.45) is 0.333. The van der Waals surface area contributed by atoms with Crippen LogP contribution in [0.2, 0.25) is 0 Å². The minimum absolute atomic E-state index is 0.0628. The van der Waals surface area contributed by atoms with Crippen LogP contribution in [0.5, 0.6) is 0 Å². The van der Waals surface area contributed by atoms with E-state index >= 15 is 0 Å². The molecule has 1 saturated heterocycles. The lowest BCUT2D eigenvalue weighted by Gasteiger charge is -2.23. The first kappa shape index (κ1) is 12.7. The number of hydrogen-bond acceptors (Lipinski definition) is 2. The molecule has 102 valence electrons. The molecule has 0 aromatic heterocycles. The molecule has 3 rings (SSSR count). The summed E-state index contributed by atoms with van der Waals surface area (Å²) in [4.78, 5) is 25.7. The van der Waals surface area contributed by atoms with Gasteiger partial charge in [-0.1, -0.05) is 36.4 Å². The van der Waals surface area contributed by atoms with Crippen LogP contribution in [0.25, 0.3) is 10.8 Å². The van der Waals surface area contributed by atoms with Crippen molar-refractivity contribution in [3.63, 3.8) is 0 Å². The second kappa shape index (κ2) is 4.96. The number of hydrogen-bond donors (Lipinski definition) is 1. The third kappa shape index (κ3) is 2.13. The van der Waals surface area contributed by atoms with E-state index in [1.165, 1.54) is 0 Å². The van der Waals surface area contributed by atoms with Crippen molar-refractivity contribution < 1.29 is 9.59 Å². The third-order valence-electron chi connectivity index (χ3n) is 3.63. The Morgan fingerprint density at radius 1 is 1.10 bits per heavy atom. The first-order valence-corrected chi connectivity index (χ1v) is 6.75. The normalized spacial score (nSPS) is 19.9. The van der Waals surface area contributed by atoms with Crippen LogP contribution < -0.4 is 10.2 Å². The predicted molar refractivity (Wildman–Crippen MR) is 78.5 cm³/mol. The lowest BCUT2D eigenvalue weighted by molar-refractivity contribution is -0.125. The number of nitrogens with zero attached hydrogens (tertiary/aromatic N) is 1. The van der Waals surface area contributed by atoms with Gasteiger partial charge in [-0.2, -0.15) is 0 Å². The minimum Gasteiger partial charge on any atom is -0.345 e. The lowest BCUT2D eigenvalue weighted by Crippen LogP contribution is -2.42. The van der Waals surface area contributed by atoms with E-state index in [1.54, 1.807) is 11.8 Å². The number of amides is 2. The van der Waals surface area contributed by atoms with E-state index in [4.69, 9.17) is 0 Å². The number of fused-ring (bicyclic) bond motifs is 1. The molecule has 0 spiro atoms. The van der Waals surface area contributed by atoms with Gasteiger partial charge in [0.05, 0.1) is 5.69 Å². The quantitative estimate of drug-likeness (QED) is 0.861. The summed E-state index contributed by atoms with van der Waals surface area (Å²) in [6.45, 7) is 2.15. The van der Waals surface area contributed by atoms with Gasteiger partial charge in [0.15, 0.2) is 0 Å². The molecule has 0 radical (unpaired) electrons. The van der Waals surface area contributed by atoms with E-state index in [9.17, 15) is 9.59 Å². The zero-order valence-electron chi connectivity index (χ0n) is 11.3. The van der Waals surface area contributed by atoms with Crippen molar-refractivity contribution in [2.75, 3.05) is 11.4 Å². The molecule has 0 bridgehead atoms. The lowest BCUT2D eigenvalue weighted by atomic mass is 10.1. The largest absolute Gasteiger partial charge is 0.345 e. The van der Waals surface area contributed by atoms with Crippen molar-refractivity contribution in [3.8, 4) is 0 Å². The number of carbonyl (C=O) groups is 2. The summed E-state index contributed by atoms with van der Waals surface area (Å²) in [6, 6.07) is 13.4. The van der Waals surface area contributed by atoms with Crippen molar-refractivity contribution in [2.24, 2.45) is 0 Å². The Labute approximate surface area is 117 Å². The van der Waals surface area contributed by atoms with Gasteiger partial charge in [-0.3, -0.25) is 9.59 Å². The molecule has 0 aliphatic carbocycles. The fraction of sp³-hybridized carbons (Fsp3) is 0.250. The number of nitrogens with one attached hydrogen (secondary N) is 1. The van der Waals surface area contributed by atoms with Crippen LogP contribution in [-0.2, 0) is 9.59 Å². The van der Waals surface area contributed by atoms with Crippen molar-refractivity contribution in [3.05, 3.63) is 42.5 Å². The second-order valence-corrected chi connectivity index (χ2v) is 5.03. The molecule has 2 amide bonds. The van der Waals surface area contributed by atoms with E-state index in [0.717, 1.165) is 16.5 Å². The molecule has 1 atom stereocenters. The van der Waals surface area contributed by atoms with Gasteiger partial charge >= 0.3 is 0 Å². The van der Waals surface area contributed by atoms with Crippen LogP contribution in [0.15, 0.2) is 42.5 Å². The Hall–Kier alpha value is -2.36. The number of rotatable bonds is 1. The van der Waals surface area contributed by atoms with Gasteiger partial charge < -0.3 is 10.2 Å². The molecule has 4 nitrogen and oxygen atoms in total. The van der Waals surface area contributed by atoms with Gasteiger partial charge in [0.25, 0.3) is 0 Å². The van der Waals surface area contributed by atoms with Crippen molar-refractivity contribution in [1.82, 2.24) is 5.32 Å². The van der Waals surface area contributed by atoms with Crippen molar-refractivity contribution in [1.29, 1.82) is 0 Å². The zero-order valence-corrected chi connectivity index (χ0v) is 11.3. The summed E-state index contributed by atoms with van der Waals surface area (Å²) >= 11 is 0. The highest BCUT2D eigenvalue weighted by molar-refractivity contribution is 6.07. The highest BCUT2D eigenvalue weighted by Gasteiger charge is 2.28. The number of carbonyl (C=O) groups excluding carboxylic acids is 2. The predicted octanol–water partition coefficient (Wildman–Crippen LogP) is 2.08. The summed E-state index contributed by atoms with van der Waals surface area (Å²) in [5.74, 6) is -0.138. The maximum Gasteiger partial charge on any atom is 0.249 e. The molecule has 1 N–H and O–H groups in total. The van der Waals surface area contributed by atoms with E-state index < -0.39 is 6.04 Å². The molecular formula is C16H16N2O2. The van der Waals surface area contributed by atoms with Gasteiger partial charge in [0.2, 0.25) is 11.8 Å². The van der Waals surface area contributed by atoms with Gasteiger partial charge in [-0.05, 0) is 18.4 Å². The third-order valence-corrected chi connectivity index (χ3v) is 3.63. The smallest absolute Gasteiger partial charge is 0.249 e. The minimum atomic E-state index is -0.482. The van der Waals surface area contributed by atoms with Crippen LogP contribution in [0.1, 0.15) is 13.3 Å². The maximum absolute atomic E-state index is 12.4. The standard InChI is InChI=1S/C16H16N2O2/c1-11-16(20)18(10-9-15(19)17-11)14-8-4-6-12-5-2-3-7-13(12)14/h2-8,11H,9-10H2,1H3,(H,17,19).